The standard InChI is InChI=1S/C17H17NO8/c1-23-14(19)10-9-7-5-6-8-18(9)13(17(22)26-4)12(16(21)25-3)11(10)15(20)24-2/h5-8,13H,1-4H3. The monoisotopic (exact) mass is 363 g/mol. The van der Waals surface area contributed by atoms with Crippen molar-refractivity contribution in [2.45, 2.75) is 6.04 Å². The van der Waals surface area contributed by atoms with Crippen LogP contribution in [0.5, 0.6) is 0 Å². The number of rotatable bonds is 4. The van der Waals surface area contributed by atoms with Gasteiger partial charge in [-0.3, -0.25) is 0 Å². The largest absolute Gasteiger partial charge is 0.467 e. The first kappa shape index (κ1) is 19.0. The van der Waals surface area contributed by atoms with E-state index in [1.54, 1.807) is 12.2 Å². The molecule has 0 spiro atoms. The molecule has 0 aromatic carbocycles. The number of methoxy groups -OCH3 is 4. The summed E-state index contributed by atoms with van der Waals surface area (Å²) in [5.74, 6) is -3.68. The molecule has 2 aliphatic rings. The lowest BCUT2D eigenvalue weighted by Gasteiger charge is -2.37. The highest BCUT2D eigenvalue weighted by Gasteiger charge is 2.47. The van der Waals surface area contributed by atoms with Gasteiger partial charge in [-0.15, -0.1) is 0 Å². The summed E-state index contributed by atoms with van der Waals surface area (Å²) < 4.78 is 19.0. The Kier molecular flexibility index (Phi) is 5.61. The lowest BCUT2D eigenvalue weighted by atomic mass is 9.87. The maximum Gasteiger partial charge on any atom is 0.340 e. The van der Waals surface area contributed by atoms with E-state index in [0.29, 0.717) is 0 Å². The summed E-state index contributed by atoms with van der Waals surface area (Å²) in [6.45, 7) is 0. The first-order valence-corrected chi connectivity index (χ1v) is 7.37. The number of carbonyl (C=O) groups excluding carboxylic acids is 4. The molecule has 0 saturated heterocycles. The van der Waals surface area contributed by atoms with Crippen molar-refractivity contribution in [3.05, 3.63) is 46.8 Å². The van der Waals surface area contributed by atoms with Crippen LogP contribution in [0.25, 0.3) is 0 Å². The molecule has 0 aliphatic carbocycles. The van der Waals surface area contributed by atoms with Gasteiger partial charge in [0.1, 0.15) is 0 Å². The predicted octanol–water partition coefficient (Wildman–Crippen LogP) is -0.00320. The molecule has 2 aliphatic heterocycles. The van der Waals surface area contributed by atoms with Crippen molar-refractivity contribution in [3.8, 4) is 0 Å². The van der Waals surface area contributed by atoms with E-state index in [0.717, 1.165) is 28.4 Å². The fourth-order valence-electron chi connectivity index (χ4n) is 2.72. The fourth-order valence-corrected chi connectivity index (χ4v) is 2.72. The van der Waals surface area contributed by atoms with Crippen LogP contribution in [-0.2, 0) is 38.1 Å². The van der Waals surface area contributed by atoms with Crippen LogP contribution in [0.15, 0.2) is 46.8 Å². The summed E-state index contributed by atoms with van der Waals surface area (Å²) in [5.41, 5.74) is -0.827. The summed E-state index contributed by atoms with van der Waals surface area (Å²) >= 11 is 0. The van der Waals surface area contributed by atoms with E-state index in [-0.39, 0.29) is 16.8 Å². The number of hydrogen-bond acceptors (Lipinski definition) is 9. The van der Waals surface area contributed by atoms with Crippen LogP contribution in [0.2, 0.25) is 0 Å². The van der Waals surface area contributed by atoms with Crippen molar-refractivity contribution in [2.75, 3.05) is 28.4 Å². The molecule has 9 heteroatoms. The van der Waals surface area contributed by atoms with E-state index in [1.165, 1.54) is 17.2 Å². The molecule has 2 rings (SSSR count). The summed E-state index contributed by atoms with van der Waals surface area (Å²) in [7, 11) is 4.43. The smallest absolute Gasteiger partial charge is 0.340 e. The molecular weight excluding hydrogens is 346 g/mol. The molecule has 138 valence electrons. The second kappa shape index (κ2) is 7.68. The molecule has 26 heavy (non-hydrogen) atoms. The Morgan fingerprint density at radius 3 is 1.92 bits per heavy atom. The van der Waals surface area contributed by atoms with Gasteiger partial charge in [0, 0.05) is 6.20 Å². The summed E-state index contributed by atoms with van der Waals surface area (Å²) in [5, 5.41) is 0. The first-order valence-electron chi connectivity index (χ1n) is 7.37. The van der Waals surface area contributed by atoms with E-state index in [9.17, 15) is 19.2 Å². The number of carbonyl (C=O) groups is 4. The summed E-state index contributed by atoms with van der Waals surface area (Å²) in [6, 6.07) is -1.34. The van der Waals surface area contributed by atoms with Gasteiger partial charge in [0.05, 0.1) is 50.9 Å². The Bertz CT molecular complexity index is 787. The van der Waals surface area contributed by atoms with Crippen LogP contribution in [0.3, 0.4) is 0 Å². The average Bonchev–Trinajstić information content (AvgIpc) is 2.69. The third-order valence-corrected chi connectivity index (χ3v) is 3.83. The highest BCUT2D eigenvalue weighted by molar-refractivity contribution is 6.15. The summed E-state index contributed by atoms with van der Waals surface area (Å²) in [6.07, 6.45) is 6.16. The second-order valence-corrected chi connectivity index (χ2v) is 5.06. The maximum absolute atomic E-state index is 12.4. The highest BCUT2D eigenvalue weighted by atomic mass is 16.5. The van der Waals surface area contributed by atoms with Gasteiger partial charge in [-0.1, -0.05) is 6.08 Å². The number of esters is 4. The number of fused-ring (bicyclic) bond motifs is 1. The van der Waals surface area contributed by atoms with Crippen molar-refractivity contribution in [1.82, 2.24) is 4.90 Å². The quantitative estimate of drug-likeness (QED) is 0.503. The number of nitrogens with zero attached hydrogens (tertiary/aromatic N) is 1. The van der Waals surface area contributed by atoms with Crippen LogP contribution in [0.1, 0.15) is 0 Å². The van der Waals surface area contributed by atoms with Crippen LogP contribution in [0.4, 0.5) is 0 Å². The Labute approximate surface area is 149 Å². The minimum atomic E-state index is -1.34. The van der Waals surface area contributed by atoms with E-state index in [2.05, 4.69) is 0 Å². The summed E-state index contributed by atoms with van der Waals surface area (Å²) in [4.78, 5) is 50.9. The van der Waals surface area contributed by atoms with E-state index < -0.39 is 35.5 Å². The van der Waals surface area contributed by atoms with Gasteiger partial charge in [-0.05, 0) is 12.2 Å². The topological polar surface area (TPSA) is 108 Å². The molecule has 0 radical (unpaired) electrons. The Morgan fingerprint density at radius 1 is 0.808 bits per heavy atom. The van der Waals surface area contributed by atoms with Crippen LogP contribution >= 0.6 is 0 Å². The van der Waals surface area contributed by atoms with Crippen LogP contribution < -0.4 is 0 Å². The molecule has 0 N–H and O–H groups in total. The molecule has 0 fully saturated rings. The zero-order valence-electron chi connectivity index (χ0n) is 14.6. The molecule has 2 heterocycles. The zero-order valence-corrected chi connectivity index (χ0v) is 14.6. The van der Waals surface area contributed by atoms with Crippen molar-refractivity contribution in [3.63, 3.8) is 0 Å². The zero-order chi connectivity index (χ0) is 19.4. The second-order valence-electron chi connectivity index (χ2n) is 5.06. The minimum absolute atomic E-state index is 0.183. The maximum atomic E-state index is 12.4. The minimum Gasteiger partial charge on any atom is -0.467 e. The van der Waals surface area contributed by atoms with E-state index in [4.69, 9.17) is 18.9 Å². The van der Waals surface area contributed by atoms with Gasteiger partial charge in [-0.2, -0.15) is 0 Å². The van der Waals surface area contributed by atoms with Crippen LogP contribution in [0, 0.1) is 0 Å². The molecule has 0 saturated carbocycles. The molecular formula is C17H17NO8. The molecule has 0 amide bonds. The predicted molar refractivity (Wildman–Crippen MR) is 86.0 cm³/mol. The third-order valence-electron chi connectivity index (χ3n) is 3.83. The van der Waals surface area contributed by atoms with Crippen LogP contribution in [-0.4, -0.2) is 63.3 Å². The molecule has 0 aromatic heterocycles. The van der Waals surface area contributed by atoms with Crippen molar-refractivity contribution < 1.29 is 38.1 Å². The normalized spacial score (nSPS) is 18.3. The fraction of sp³-hybridized carbons (Fsp3) is 0.294. The van der Waals surface area contributed by atoms with Crippen molar-refractivity contribution >= 4 is 23.9 Å². The van der Waals surface area contributed by atoms with Crippen molar-refractivity contribution in [2.24, 2.45) is 0 Å². The lowest BCUT2D eigenvalue weighted by molar-refractivity contribution is -0.148. The van der Waals surface area contributed by atoms with Crippen molar-refractivity contribution in [1.29, 1.82) is 0 Å². The Morgan fingerprint density at radius 2 is 1.38 bits per heavy atom. The van der Waals surface area contributed by atoms with E-state index in [1.807, 2.05) is 0 Å². The van der Waals surface area contributed by atoms with Gasteiger partial charge in [0.15, 0.2) is 6.04 Å². The van der Waals surface area contributed by atoms with E-state index >= 15 is 0 Å². The average molecular weight is 363 g/mol. The van der Waals surface area contributed by atoms with Gasteiger partial charge in [-0.25, -0.2) is 19.2 Å². The molecule has 1 atom stereocenters. The lowest BCUT2D eigenvalue weighted by Crippen LogP contribution is -2.47. The molecule has 0 aromatic rings. The third kappa shape index (κ3) is 2.99. The highest BCUT2D eigenvalue weighted by Crippen LogP contribution is 2.37. The number of ether oxygens (including phenoxy) is 4. The first-order chi connectivity index (χ1) is 12.4. The Hall–Kier alpha value is -3.36. The number of allylic oxidation sites excluding steroid dienone is 3. The van der Waals surface area contributed by atoms with Gasteiger partial charge in [0.25, 0.3) is 0 Å². The van der Waals surface area contributed by atoms with Gasteiger partial charge >= 0.3 is 23.9 Å². The Balaban J connectivity index is 2.92. The molecule has 9 nitrogen and oxygen atoms in total. The number of hydrogen-bond donors (Lipinski definition) is 0. The molecule has 0 bridgehead atoms. The van der Waals surface area contributed by atoms with Gasteiger partial charge in [0.2, 0.25) is 0 Å². The van der Waals surface area contributed by atoms with Gasteiger partial charge < -0.3 is 23.8 Å². The molecule has 1 unspecified atom stereocenters. The SMILES string of the molecule is COC(=O)C1=C(C(=O)OC)C(C(=O)OC)N2C=CC=CC2=C1C(=O)OC.